The van der Waals surface area contributed by atoms with Gasteiger partial charge in [0.05, 0.1) is 24.8 Å². The van der Waals surface area contributed by atoms with E-state index in [1.54, 1.807) is 0 Å². The molecule has 98 valence electrons. The molecule has 2 aromatic heterocycles. The van der Waals surface area contributed by atoms with E-state index >= 15 is 0 Å². The van der Waals surface area contributed by atoms with Gasteiger partial charge in [-0.3, -0.25) is 4.79 Å². The number of nitrogens with zero attached hydrogens (tertiary/aromatic N) is 1. The van der Waals surface area contributed by atoms with Gasteiger partial charge in [0.25, 0.3) is 5.56 Å². The normalized spacial score (nSPS) is 13.0. The van der Waals surface area contributed by atoms with E-state index in [0.29, 0.717) is 29.1 Å². The average molecular weight is 269 g/mol. The molecule has 6 nitrogen and oxygen atoms in total. The molecule has 0 aliphatic heterocycles. The van der Waals surface area contributed by atoms with E-state index in [9.17, 15) is 9.90 Å². The highest BCUT2D eigenvalue weighted by atomic mass is 32.1. The number of ether oxygens (including phenoxy) is 1. The molecule has 18 heavy (non-hydrogen) atoms. The summed E-state index contributed by atoms with van der Waals surface area (Å²) in [6.45, 7) is 1.07. The van der Waals surface area contributed by atoms with Crippen LogP contribution in [0, 0.1) is 0 Å². The highest BCUT2D eigenvalue weighted by Gasteiger charge is 2.06. The van der Waals surface area contributed by atoms with Gasteiger partial charge in [-0.15, -0.1) is 11.3 Å². The van der Waals surface area contributed by atoms with Crippen LogP contribution in [0.25, 0.3) is 10.2 Å². The quantitative estimate of drug-likeness (QED) is 0.691. The second-order valence-electron chi connectivity index (χ2n) is 3.89. The zero-order chi connectivity index (χ0) is 13.0. The molecule has 0 aliphatic rings. The second kappa shape index (κ2) is 6.05. The Bertz CT molecular complexity index is 566. The van der Waals surface area contributed by atoms with Crippen LogP contribution in [0.3, 0.4) is 0 Å². The molecular formula is C11H15N3O3S. The fourth-order valence-electron chi connectivity index (χ4n) is 1.61. The summed E-state index contributed by atoms with van der Waals surface area (Å²) >= 11 is 1.37. The molecule has 0 spiro atoms. The Hall–Kier alpha value is -1.28. The Morgan fingerprint density at radius 1 is 1.67 bits per heavy atom. The molecule has 0 saturated heterocycles. The number of nitrogens with one attached hydrogen (secondary N) is 2. The lowest BCUT2D eigenvalue weighted by Gasteiger charge is -2.10. The zero-order valence-electron chi connectivity index (χ0n) is 9.97. The Labute approximate surface area is 108 Å². The number of aromatic nitrogens is 2. The van der Waals surface area contributed by atoms with Crippen LogP contribution in [-0.4, -0.2) is 41.4 Å². The van der Waals surface area contributed by atoms with Gasteiger partial charge in [-0.1, -0.05) is 0 Å². The van der Waals surface area contributed by atoms with Crippen molar-refractivity contribution in [2.75, 3.05) is 20.3 Å². The Kier molecular flexibility index (Phi) is 4.43. The number of aromatic amines is 1. The number of fused-ring (bicyclic) bond motifs is 1. The smallest absolute Gasteiger partial charge is 0.268 e. The highest BCUT2D eigenvalue weighted by molar-refractivity contribution is 7.17. The lowest BCUT2D eigenvalue weighted by Crippen LogP contribution is -2.30. The predicted molar refractivity (Wildman–Crippen MR) is 69.8 cm³/mol. The van der Waals surface area contributed by atoms with Crippen LogP contribution in [0.1, 0.15) is 5.82 Å². The van der Waals surface area contributed by atoms with Crippen LogP contribution in [0.4, 0.5) is 0 Å². The lowest BCUT2D eigenvalue weighted by molar-refractivity contribution is 0.0643. The van der Waals surface area contributed by atoms with E-state index in [0.717, 1.165) is 0 Å². The number of aliphatic hydroxyl groups excluding tert-OH is 1. The maximum Gasteiger partial charge on any atom is 0.268 e. The summed E-state index contributed by atoms with van der Waals surface area (Å²) in [4.78, 5) is 18.7. The van der Waals surface area contributed by atoms with Crippen LogP contribution in [0.5, 0.6) is 0 Å². The van der Waals surface area contributed by atoms with E-state index < -0.39 is 6.10 Å². The van der Waals surface area contributed by atoms with Crippen molar-refractivity contribution in [1.29, 1.82) is 0 Å². The standard InChI is InChI=1S/C11H15N3O3S/c1-17-6-7(15)4-12-5-9-13-8-2-3-18-10(8)11(16)14-9/h2-3,7,12,15H,4-6H2,1H3,(H,13,14,16). The summed E-state index contributed by atoms with van der Waals surface area (Å²) in [6.07, 6.45) is -0.563. The monoisotopic (exact) mass is 269 g/mol. The summed E-state index contributed by atoms with van der Waals surface area (Å²) in [5.41, 5.74) is 0.585. The minimum atomic E-state index is -0.563. The van der Waals surface area contributed by atoms with Gasteiger partial charge in [0.2, 0.25) is 0 Å². The molecule has 0 bridgehead atoms. The first-order valence-corrected chi connectivity index (χ1v) is 6.43. The summed E-state index contributed by atoms with van der Waals surface area (Å²) in [5.74, 6) is 0.565. The maximum atomic E-state index is 11.7. The van der Waals surface area contributed by atoms with Crippen molar-refractivity contribution >= 4 is 21.6 Å². The van der Waals surface area contributed by atoms with Crippen molar-refractivity contribution in [2.24, 2.45) is 0 Å². The molecule has 2 rings (SSSR count). The Morgan fingerprint density at radius 3 is 3.28 bits per heavy atom. The van der Waals surface area contributed by atoms with Crippen molar-refractivity contribution < 1.29 is 9.84 Å². The molecule has 2 heterocycles. The van der Waals surface area contributed by atoms with Crippen molar-refractivity contribution in [3.63, 3.8) is 0 Å². The van der Waals surface area contributed by atoms with E-state index in [-0.39, 0.29) is 12.2 Å². The first-order valence-electron chi connectivity index (χ1n) is 5.55. The molecule has 0 aliphatic carbocycles. The molecule has 1 atom stereocenters. The number of thiophene rings is 1. The van der Waals surface area contributed by atoms with E-state index in [1.807, 2.05) is 11.4 Å². The van der Waals surface area contributed by atoms with Crippen molar-refractivity contribution in [1.82, 2.24) is 15.3 Å². The number of H-pyrrole nitrogens is 1. The molecular weight excluding hydrogens is 254 g/mol. The molecule has 0 amide bonds. The summed E-state index contributed by atoms with van der Waals surface area (Å²) in [6, 6.07) is 1.82. The molecule has 0 aromatic carbocycles. The molecule has 0 radical (unpaired) electrons. The molecule has 3 N–H and O–H groups in total. The highest BCUT2D eigenvalue weighted by Crippen LogP contribution is 2.13. The van der Waals surface area contributed by atoms with Crippen LogP contribution in [0.15, 0.2) is 16.2 Å². The van der Waals surface area contributed by atoms with Gasteiger partial charge in [-0.25, -0.2) is 4.98 Å². The number of hydrogen-bond acceptors (Lipinski definition) is 6. The lowest BCUT2D eigenvalue weighted by atomic mass is 10.3. The third-order valence-electron chi connectivity index (χ3n) is 2.40. The third kappa shape index (κ3) is 3.14. The van der Waals surface area contributed by atoms with Gasteiger partial charge in [0.1, 0.15) is 10.5 Å². The molecule has 2 aromatic rings. The van der Waals surface area contributed by atoms with Gasteiger partial charge in [0, 0.05) is 13.7 Å². The van der Waals surface area contributed by atoms with E-state index in [2.05, 4.69) is 15.3 Å². The second-order valence-corrected chi connectivity index (χ2v) is 4.80. The third-order valence-corrected chi connectivity index (χ3v) is 3.30. The van der Waals surface area contributed by atoms with Crippen molar-refractivity contribution in [3.8, 4) is 0 Å². The van der Waals surface area contributed by atoms with Gasteiger partial charge < -0.3 is 20.1 Å². The van der Waals surface area contributed by atoms with E-state index in [4.69, 9.17) is 4.74 Å². The van der Waals surface area contributed by atoms with E-state index in [1.165, 1.54) is 18.4 Å². The minimum Gasteiger partial charge on any atom is -0.389 e. The van der Waals surface area contributed by atoms with Crippen molar-refractivity contribution in [3.05, 3.63) is 27.6 Å². The van der Waals surface area contributed by atoms with Crippen LogP contribution >= 0.6 is 11.3 Å². The summed E-state index contributed by atoms with van der Waals surface area (Å²) in [7, 11) is 1.53. The maximum absolute atomic E-state index is 11.7. The first-order chi connectivity index (χ1) is 8.70. The largest absolute Gasteiger partial charge is 0.389 e. The topological polar surface area (TPSA) is 87.2 Å². The predicted octanol–water partition coefficient (Wildman–Crippen LogP) is 0.0815. The van der Waals surface area contributed by atoms with Crippen LogP contribution in [0.2, 0.25) is 0 Å². The van der Waals surface area contributed by atoms with Gasteiger partial charge in [0.15, 0.2) is 0 Å². The molecule has 1 unspecified atom stereocenters. The Morgan fingerprint density at radius 2 is 2.50 bits per heavy atom. The fourth-order valence-corrected chi connectivity index (χ4v) is 2.34. The van der Waals surface area contributed by atoms with Crippen LogP contribution in [-0.2, 0) is 11.3 Å². The van der Waals surface area contributed by atoms with Gasteiger partial charge in [-0.2, -0.15) is 0 Å². The fraction of sp³-hybridized carbons (Fsp3) is 0.455. The summed E-state index contributed by atoms with van der Waals surface area (Å²) < 4.78 is 5.45. The van der Waals surface area contributed by atoms with Gasteiger partial charge in [-0.05, 0) is 11.4 Å². The first kappa shape index (κ1) is 13.2. The number of hydrogen-bond donors (Lipinski definition) is 3. The molecule has 0 fully saturated rings. The van der Waals surface area contributed by atoms with Crippen LogP contribution < -0.4 is 10.9 Å². The summed E-state index contributed by atoms with van der Waals surface area (Å²) in [5, 5.41) is 14.3. The SMILES string of the molecule is COCC(O)CNCc1nc2ccsc2c(=O)[nH]1. The molecule has 7 heteroatoms. The zero-order valence-corrected chi connectivity index (χ0v) is 10.8. The van der Waals surface area contributed by atoms with Gasteiger partial charge >= 0.3 is 0 Å². The molecule has 0 saturated carbocycles. The minimum absolute atomic E-state index is 0.121. The Balaban J connectivity index is 1.97. The number of rotatable bonds is 6. The number of methoxy groups -OCH3 is 1. The number of aliphatic hydroxyl groups is 1. The average Bonchev–Trinajstić information content (AvgIpc) is 2.78. The van der Waals surface area contributed by atoms with Crippen molar-refractivity contribution in [2.45, 2.75) is 12.6 Å².